The summed E-state index contributed by atoms with van der Waals surface area (Å²) in [5, 5.41) is 5.78. The van der Waals surface area contributed by atoms with Crippen molar-refractivity contribution in [3.05, 3.63) is 23.9 Å². The Morgan fingerprint density at radius 3 is 2.83 bits per heavy atom. The number of nitrogens with one attached hydrogen (secondary N) is 2. The van der Waals surface area contributed by atoms with Gasteiger partial charge in [-0.1, -0.05) is 6.07 Å². The molecule has 23 heavy (non-hydrogen) atoms. The highest BCUT2D eigenvalue weighted by Gasteiger charge is 2.16. The molecule has 6 heteroatoms. The van der Waals surface area contributed by atoms with Gasteiger partial charge in [0.15, 0.2) is 0 Å². The number of carbonyl (C=O) groups is 1. The summed E-state index contributed by atoms with van der Waals surface area (Å²) < 4.78 is 5.30. The van der Waals surface area contributed by atoms with Gasteiger partial charge in [-0.3, -0.25) is 0 Å². The number of anilines is 1. The highest BCUT2D eigenvalue weighted by molar-refractivity contribution is 5.73. The van der Waals surface area contributed by atoms with E-state index in [1.165, 1.54) is 19.3 Å². The lowest BCUT2D eigenvalue weighted by Gasteiger charge is -2.27. The Kier molecular flexibility index (Phi) is 5.69. The van der Waals surface area contributed by atoms with Gasteiger partial charge in [0.1, 0.15) is 5.82 Å². The largest absolute Gasteiger partial charge is 0.381 e. The summed E-state index contributed by atoms with van der Waals surface area (Å²) >= 11 is 0. The fourth-order valence-corrected chi connectivity index (χ4v) is 3.06. The van der Waals surface area contributed by atoms with Crippen molar-refractivity contribution in [1.82, 2.24) is 15.6 Å². The molecule has 0 bridgehead atoms. The van der Waals surface area contributed by atoms with Crippen molar-refractivity contribution in [2.45, 2.75) is 32.2 Å². The number of carbonyl (C=O) groups excluding carboxylic acids is 1. The van der Waals surface area contributed by atoms with Crippen LogP contribution in [0.3, 0.4) is 0 Å². The molecule has 0 aromatic carbocycles. The van der Waals surface area contributed by atoms with Crippen molar-refractivity contribution < 1.29 is 9.53 Å². The van der Waals surface area contributed by atoms with Gasteiger partial charge in [-0.2, -0.15) is 0 Å². The normalized spacial score (nSPS) is 21.2. The molecule has 2 N–H and O–H groups in total. The fourth-order valence-electron chi connectivity index (χ4n) is 3.06. The van der Waals surface area contributed by atoms with Gasteiger partial charge in [0, 0.05) is 44.9 Å². The lowest BCUT2D eigenvalue weighted by molar-refractivity contribution is 0.185. The number of ether oxygens (including phenoxy) is 1. The van der Waals surface area contributed by atoms with Crippen molar-refractivity contribution in [3.63, 3.8) is 0 Å². The van der Waals surface area contributed by atoms with Crippen LogP contribution in [0.1, 0.15) is 31.2 Å². The molecule has 0 aliphatic carbocycles. The Morgan fingerprint density at radius 1 is 1.26 bits per heavy atom. The second-order valence-corrected chi connectivity index (χ2v) is 6.37. The highest BCUT2D eigenvalue weighted by atomic mass is 16.5. The van der Waals surface area contributed by atoms with Crippen LogP contribution in [0.4, 0.5) is 10.6 Å². The van der Waals surface area contributed by atoms with Crippen LogP contribution in [0.25, 0.3) is 0 Å². The zero-order chi connectivity index (χ0) is 15.9. The zero-order valence-corrected chi connectivity index (χ0v) is 13.6. The van der Waals surface area contributed by atoms with Crippen LogP contribution in [0.2, 0.25) is 0 Å². The maximum absolute atomic E-state index is 11.8. The number of hydrogen-bond acceptors (Lipinski definition) is 4. The average molecular weight is 318 g/mol. The van der Waals surface area contributed by atoms with Crippen LogP contribution in [0, 0.1) is 5.92 Å². The third-order valence-corrected chi connectivity index (χ3v) is 4.52. The van der Waals surface area contributed by atoms with E-state index < -0.39 is 0 Å². The monoisotopic (exact) mass is 318 g/mol. The van der Waals surface area contributed by atoms with E-state index in [0.29, 0.717) is 19.0 Å². The highest BCUT2D eigenvalue weighted by Crippen LogP contribution is 2.17. The SMILES string of the molecule is O=C(NCc1ccc(N2CCCCC2)nc1)NC[C@H]1CCOC1. The topological polar surface area (TPSA) is 66.5 Å². The van der Waals surface area contributed by atoms with Crippen LogP contribution in [0.5, 0.6) is 0 Å². The van der Waals surface area contributed by atoms with Crippen molar-refractivity contribution in [3.8, 4) is 0 Å². The summed E-state index contributed by atoms with van der Waals surface area (Å²) in [6.45, 7) is 4.93. The van der Waals surface area contributed by atoms with Gasteiger partial charge in [0.25, 0.3) is 0 Å². The van der Waals surface area contributed by atoms with E-state index >= 15 is 0 Å². The molecular formula is C17H26N4O2. The molecule has 2 amide bonds. The van der Waals surface area contributed by atoms with E-state index in [4.69, 9.17) is 4.74 Å². The van der Waals surface area contributed by atoms with E-state index in [-0.39, 0.29) is 6.03 Å². The molecule has 0 radical (unpaired) electrons. The molecule has 1 aromatic heterocycles. The summed E-state index contributed by atoms with van der Waals surface area (Å²) in [7, 11) is 0. The lowest BCUT2D eigenvalue weighted by Crippen LogP contribution is -2.38. The van der Waals surface area contributed by atoms with E-state index in [1.54, 1.807) is 0 Å². The second-order valence-electron chi connectivity index (χ2n) is 6.37. The first-order chi connectivity index (χ1) is 11.3. The summed E-state index contributed by atoms with van der Waals surface area (Å²) in [6, 6.07) is 3.97. The minimum absolute atomic E-state index is 0.128. The molecule has 0 spiro atoms. The zero-order valence-electron chi connectivity index (χ0n) is 13.6. The maximum atomic E-state index is 11.8. The summed E-state index contributed by atoms with van der Waals surface area (Å²) in [5.74, 6) is 1.49. The molecule has 2 aliphatic rings. The fraction of sp³-hybridized carbons (Fsp3) is 0.647. The number of piperidine rings is 1. The first kappa shape index (κ1) is 16.1. The number of rotatable bonds is 5. The molecule has 2 saturated heterocycles. The lowest BCUT2D eigenvalue weighted by atomic mass is 10.1. The van der Waals surface area contributed by atoms with E-state index in [9.17, 15) is 4.79 Å². The maximum Gasteiger partial charge on any atom is 0.315 e. The first-order valence-corrected chi connectivity index (χ1v) is 8.60. The van der Waals surface area contributed by atoms with E-state index in [0.717, 1.165) is 44.1 Å². The Morgan fingerprint density at radius 2 is 2.13 bits per heavy atom. The quantitative estimate of drug-likeness (QED) is 0.870. The Bertz CT molecular complexity index is 494. The molecule has 2 fully saturated rings. The summed E-state index contributed by atoms with van der Waals surface area (Å²) in [4.78, 5) is 18.7. The molecule has 3 heterocycles. The van der Waals surface area contributed by atoms with Crippen molar-refractivity contribution in [2.24, 2.45) is 5.92 Å². The van der Waals surface area contributed by atoms with Gasteiger partial charge in [0.2, 0.25) is 0 Å². The van der Waals surface area contributed by atoms with Crippen LogP contribution in [0.15, 0.2) is 18.3 Å². The molecule has 1 atom stereocenters. The minimum atomic E-state index is -0.128. The molecule has 0 unspecified atom stereocenters. The Balaban J connectivity index is 1.40. The number of hydrogen-bond donors (Lipinski definition) is 2. The predicted octanol–water partition coefficient (Wildman–Crippen LogP) is 1.91. The predicted molar refractivity (Wildman–Crippen MR) is 89.5 cm³/mol. The number of pyridine rings is 1. The smallest absolute Gasteiger partial charge is 0.315 e. The molecule has 2 aliphatic heterocycles. The molecule has 126 valence electrons. The van der Waals surface area contributed by atoms with Crippen LogP contribution in [-0.4, -0.2) is 43.9 Å². The van der Waals surface area contributed by atoms with Crippen LogP contribution < -0.4 is 15.5 Å². The van der Waals surface area contributed by atoms with Crippen LogP contribution >= 0.6 is 0 Å². The standard InChI is InChI=1S/C17H26N4O2/c22-17(20-12-15-6-9-23-13-15)19-11-14-4-5-16(18-10-14)21-7-2-1-3-8-21/h4-5,10,15H,1-3,6-9,11-13H2,(H2,19,20,22)/t15-/m1/s1. The number of amides is 2. The van der Waals surface area contributed by atoms with Crippen molar-refractivity contribution in [1.29, 1.82) is 0 Å². The molecule has 3 rings (SSSR count). The molecule has 0 saturated carbocycles. The van der Waals surface area contributed by atoms with Gasteiger partial charge in [-0.15, -0.1) is 0 Å². The summed E-state index contributed by atoms with van der Waals surface area (Å²) in [5.41, 5.74) is 1.02. The van der Waals surface area contributed by atoms with Crippen molar-refractivity contribution >= 4 is 11.8 Å². The number of nitrogens with zero attached hydrogens (tertiary/aromatic N) is 2. The van der Waals surface area contributed by atoms with E-state index in [2.05, 4.69) is 26.6 Å². The van der Waals surface area contributed by atoms with E-state index in [1.807, 2.05) is 12.3 Å². The third-order valence-electron chi connectivity index (χ3n) is 4.52. The van der Waals surface area contributed by atoms with Crippen molar-refractivity contribution in [2.75, 3.05) is 37.7 Å². The van der Waals surface area contributed by atoms with Crippen LogP contribution in [-0.2, 0) is 11.3 Å². The first-order valence-electron chi connectivity index (χ1n) is 8.60. The van der Waals surface area contributed by atoms with Gasteiger partial charge in [0.05, 0.1) is 6.61 Å². The number of aromatic nitrogens is 1. The Labute approximate surface area is 137 Å². The van der Waals surface area contributed by atoms with Gasteiger partial charge >= 0.3 is 6.03 Å². The molecular weight excluding hydrogens is 292 g/mol. The van der Waals surface area contributed by atoms with Gasteiger partial charge < -0.3 is 20.3 Å². The van der Waals surface area contributed by atoms with Gasteiger partial charge in [-0.25, -0.2) is 9.78 Å². The minimum Gasteiger partial charge on any atom is -0.381 e. The van der Waals surface area contributed by atoms with Gasteiger partial charge in [-0.05, 0) is 37.3 Å². The third kappa shape index (κ3) is 4.82. The Hall–Kier alpha value is -1.82. The summed E-state index contributed by atoms with van der Waals surface area (Å²) in [6.07, 6.45) is 6.70. The second kappa shape index (κ2) is 8.15. The average Bonchev–Trinajstić information content (AvgIpc) is 3.13. The number of urea groups is 1. The molecule has 1 aromatic rings. The molecule has 6 nitrogen and oxygen atoms in total.